The van der Waals surface area contributed by atoms with Crippen LogP contribution in [0.5, 0.6) is 0 Å². The van der Waals surface area contributed by atoms with Gasteiger partial charge in [0.1, 0.15) is 0 Å². The predicted octanol–water partition coefficient (Wildman–Crippen LogP) is 2.90. The summed E-state index contributed by atoms with van der Waals surface area (Å²) in [5, 5.41) is 4.79. The first-order valence-electron chi connectivity index (χ1n) is 6.14. The predicted molar refractivity (Wildman–Crippen MR) is 71.7 cm³/mol. The second-order valence-corrected chi connectivity index (χ2v) is 5.07. The van der Waals surface area contributed by atoms with Crippen LogP contribution in [0.1, 0.15) is 18.2 Å². The monoisotopic (exact) mass is 276 g/mol. The molecule has 0 radical (unpaired) electrons. The van der Waals surface area contributed by atoms with Crippen molar-refractivity contribution >= 4 is 17.5 Å². The molecule has 5 heteroatoms. The number of amides is 1. The van der Waals surface area contributed by atoms with Crippen LogP contribution in [0.4, 0.5) is 0 Å². The summed E-state index contributed by atoms with van der Waals surface area (Å²) in [7, 11) is 0. The molecule has 0 saturated heterocycles. The first-order chi connectivity index (χ1) is 9.15. The van der Waals surface area contributed by atoms with Crippen LogP contribution in [0.15, 0.2) is 28.8 Å². The van der Waals surface area contributed by atoms with Gasteiger partial charge in [-0.05, 0) is 24.3 Å². The molecule has 1 aromatic carbocycles. The number of benzene rings is 1. The van der Waals surface area contributed by atoms with Crippen LogP contribution in [0.2, 0.25) is 5.02 Å². The van der Waals surface area contributed by atoms with Gasteiger partial charge in [0.2, 0.25) is 5.91 Å². The highest BCUT2D eigenvalue weighted by molar-refractivity contribution is 6.30. The average Bonchev–Trinajstić information content (AvgIpc) is 2.82. The summed E-state index contributed by atoms with van der Waals surface area (Å²) in [6.45, 7) is 2.85. The number of rotatable bonds is 1. The van der Waals surface area contributed by atoms with E-state index >= 15 is 0 Å². The molecule has 2 heterocycles. The van der Waals surface area contributed by atoms with Gasteiger partial charge in [0.15, 0.2) is 5.76 Å². The molecule has 1 aliphatic heterocycles. The van der Waals surface area contributed by atoms with Gasteiger partial charge in [-0.3, -0.25) is 4.79 Å². The molecule has 0 saturated carbocycles. The van der Waals surface area contributed by atoms with Crippen LogP contribution in [-0.4, -0.2) is 22.5 Å². The van der Waals surface area contributed by atoms with Gasteiger partial charge in [0, 0.05) is 36.0 Å². The Labute approximate surface area is 115 Å². The first kappa shape index (κ1) is 12.2. The Bertz CT molecular complexity index is 619. The number of fused-ring (bicyclic) bond motifs is 1. The maximum Gasteiger partial charge on any atom is 0.219 e. The minimum atomic E-state index is 0.0777. The molecule has 0 fully saturated rings. The van der Waals surface area contributed by atoms with Crippen molar-refractivity contribution in [1.82, 2.24) is 10.1 Å². The molecular formula is C14H13ClN2O2. The van der Waals surface area contributed by atoms with Crippen LogP contribution in [0.3, 0.4) is 0 Å². The molecule has 2 aromatic rings. The van der Waals surface area contributed by atoms with Crippen molar-refractivity contribution in [2.45, 2.75) is 19.9 Å². The molecular weight excluding hydrogens is 264 g/mol. The molecule has 0 spiro atoms. The third-order valence-corrected chi connectivity index (χ3v) is 3.64. The zero-order valence-electron chi connectivity index (χ0n) is 10.5. The maximum atomic E-state index is 11.5. The van der Waals surface area contributed by atoms with Crippen molar-refractivity contribution in [2.75, 3.05) is 6.54 Å². The van der Waals surface area contributed by atoms with Crippen molar-refractivity contribution in [3.63, 3.8) is 0 Å². The minimum Gasteiger partial charge on any atom is -0.356 e. The summed E-state index contributed by atoms with van der Waals surface area (Å²) < 4.78 is 5.44. The van der Waals surface area contributed by atoms with Gasteiger partial charge in [-0.25, -0.2) is 0 Å². The molecule has 0 bridgehead atoms. The molecule has 3 rings (SSSR count). The molecule has 0 atom stereocenters. The van der Waals surface area contributed by atoms with E-state index in [0.29, 0.717) is 18.1 Å². The van der Waals surface area contributed by atoms with E-state index in [0.717, 1.165) is 29.0 Å². The van der Waals surface area contributed by atoms with Crippen molar-refractivity contribution in [3.8, 4) is 11.3 Å². The van der Waals surface area contributed by atoms with Crippen molar-refractivity contribution in [1.29, 1.82) is 0 Å². The highest BCUT2D eigenvalue weighted by Crippen LogP contribution is 2.31. The van der Waals surface area contributed by atoms with Crippen LogP contribution in [0.25, 0.3) is 11.3 Å². The van der Waals surface area contributed by atoms with E-state index in [4.69, 9.17) is 16.1 Å². The fourth-order valence-electron chi connectivity index (χ4n) is 2.31. The lowest BCUT2D eigenvalue weighted by molar-refractivity contribution is -0.129. The topological polar surface area (TPSA) is 46.3 Å². The lowest BCUT2D eigenvalue weighted by atomic mass is 10.0. The van der Waals surface area contributed by atoms with Gasteiger partial charge >= 0.3 is 0 Å². The van der Waals surface area contributed by atoms with Gasteiger partial charge in [0.05, 0.1) is 12.2 Å². The summed E-state index contributed by atoms with van der Waals surface area (Å²) in [5.74, 6) is 0.812. The van der Waals surface area contributed by atoms with E-state index in [1.54, 1.807) is 11.8 Å². The molecule has 1 aliphatic rings. The molecule has 0 aliphatic carbocycles. The average molecular weight is 277 g/mol. The molecule has 4 nitrogen and oxygen atoms in total. The van der Waals surface area contributed by atoms with E-state index in [-0.39, 0.29) is 5.91 Å². The quantitative estimate of drug-likeness (QED) is 0.804. The summed E-state index contributed by atoms with van der Waals surface area (Å²) in [6, 6.07) is 7.43. The number of hydrogen-bond acceptors (Lipinski definition) is 3. The number of carbonyl (C=O) groups excluding carboxylic acids is 1. The van der Waals surface area contributed by atoms with E-state index in [2.05, 4.69) is 5.16 Å². The zero-order chi connectivity index (χ0) is 13.4. The Hall–Kier alpha value is -1.81. The Morgan fingerprint density at radius 1 is 1.37 bits per heavy atom. The number of halogens is 1. The second kappa shape index (κ2) is 4.70. The third-order valence-electron chi connectivity index (χ3n) is 3.39. The summed E-state index contributed by atoms with van der Waals surface area (Å²) in [6.07, 6.45) is 0.742. The lowest BCUT2D eigenvalue weighted by Crippen LogP contribution is -2.34. The Morgan fingerprint density at radius 2 is 2.11 bits per heavy atom. The van der Waals surface area contributed by atoms with E-state index in [9.17, 15) is 4.79 Å². The molecule has 98 valence electrons. The zero-order valence-corrected chi connectivity index (χ0v) is 11.3. The number of nitrogens with zero attached hydrogens (tertiary/aromatic N) is 2. The molecule has 0 N–H and O–H groups in total. The molecule has 1 aromatic heterocycles. The van der Waals surface area contributed by atoms with Gasteiger partial charge in [-0.1, -0.05) is 16.8 Å². The highest BCUT2D eigenvalue weighted by atomic mass is 35.5. The largest absolute Gasteiger partial charge is 0.356 e. The summed E-state index contributed by atoms with van der Waals surface area (Å²) in [5.41, 5.74) is 2.88. The summed E-state index contributed by atoms with van der Waals surface area (Å²) >= 11 is 5.88. The molecule has 0 unspecified atom stereocenters. The normalized spacial score (nSPS) is 14.3. The lowest BCUT2D eigenvalue weighted by Gasteiger charge is -2.24. The van der Waals surface area contributed by atoms with Gasteiger partial charge in [-0.2, -0.15) is 0 Å². The maximum absolute atomic E-state index is 11.5. The SMILES string of the molecule is CC(=O)N1CCc2noc(-c3ccc(Cl)cc3)c2C1. The number of hydrogen-bond donors (Lipinski definition) is 0. The van der Waals surface area contributed by atoms with Gasteiger partial charge < -0.3 is 9.42 Å². The van der Waals surface area contributed by atoms with Crippen LogP contribution in [0, 0.1) is 0 Å². The van der Waals surface area contributed by atoms with E-state index in [1.807, 2.05) is 24.3 Å². The van der Waals surface area contributed by atoms with Crippen molar-refractivity contribution in [2.24, 2.45) is 0 Å². The second-order valence-electron chi connectivity index (χ2n) is 4.63. The smallest absolute Gasteiger partial charge is 0.219 e. The number of carbonyl (C=O) groups is 1. The Morgan fingerprint density at radius 3 is 2.79 bits per heavy atom. The fourth-order valence-corrected chi connectivity index (χ4v) is 2.44. The minimum absolute atomic E-state index is 0.0777. The van der Waals surface area contributed by atoms with Gasteiger partial charge in [-0.15, -0.1) is 0 Å². The number of aromatic nitrogens is 1. The first-order valence-corrected chi connectivity index (χ1v) is 6.52. The van der Waals surface area contributed by atoms with Crippen LogP contribution < -0.4 is 0 Å². The summed E-state index contributed by atoms with van der Waals surface area (Å²) in [4.78, 5) is 13.3. The van der Waals surface area contributed by atoms with Crippen LogP contribution >= 0.6 is 11.6 Å². The van der Waals surface area contributed by atoms with Crippen LogP contribution in [-0.2, 0) is 17.8 Å². The molecule has 19 heavy (non-hydrogen) atoms. The van der Waals surface area contributed by atoms with Crippen molar-refractivity contribution in [3.05, 3.63) is 40.5 Å². The third kappa shape index (κ3) is 2.24. The fraction of sp³-hybridized carbons (Fsp3) is 0.286. The molecule has 1 amide bonds. The standard InChI is InChI=1S/C14H13ClN2O2/c1-9(18)17-7-6-13-12(8-17)14(19-16-13)10-2-4-11(15)5-3-10/h2-5H,6-8H2,1H3. The van der Waals surface area contributed by atoms with Crippen molar-refractivity contribution < 1.29 is 9.32 Å². The van der Waals surface area contributed by atoms with E-state index in [1.165, 1.54) is 0 Å². The van der Waals surface area contributed by atoms with Gasteiger partial charge in [0.25, 0.3) is 0 Å². The Balaban J connectivity index is 1.99. The van der Waals surface area contributed by atoms with E-state index < -0.39 is 0 Å². The highest BCUT2D eigenvalue weighted by Gasteiger charge is 2.25. The Kier molecular flexibility index (Phi) is 3.03.